The number of hydrogen-bond acceptors (Lipinski definition) is 4. The van der Waals surface area contributed by atoms with Crippen LogP contribution in [0.25, 0.3) is 0 Å². The monoisotopic (exact) mass is 360 g/mol. The molecule has 0 atom stereocenters. The third-order valence-electron chi connectivity index (χ3n) is 2.69. The van der Waals surface area contributed by atoms with Gasteiger partial charge in [0.25, 0.3) is 0 Å². The summed E-state index contributed by atoms with van der Waals surface area (Å²) in [5, 5.41) is 0. The van der Waals surface area contributed by atoms with Crippen LogP contribution >= 0.6 is 15.9 Å². The molecule has 0 spiro atoms. The van der Waals surface area contributed by atoms with Gasteiger partial charge in [0, 0.05) is 10.0 Å². The average molecular weight is 361 g/mol. The van der Waals surface area contributed by atoms with E-state index >= 15 is 0 Å². The van der Waals surface area contributed by atoms with Crippen LogP contribution in [-0.2, 0) is 25.7 Å². The summed E-state index contributed by atoms with van der Waals surface area (Å²) in [5.74, 6) is -1.32. The third kappa shape index (κ3) is 7.22. The van der Waals surface area contributed by atoms with Crippen molar-refractivity contribution in [1.82, 2.24) is 0 Å². The quantitative estimate of drug-likeness (QED) is 0.523. The normalized spacial score (nSPS) is 10.2. The predicted octanol–water partition coefficient (Wildman–Crippen LogP) is 3.75. The minimum Gasteiger partial charge on any atom is -0.466 e. The van der Waals surface area contributed by atoms with Crippen LogP contribution in [0.4, 0.5) is 4.39 Å². The molecule has 0 aliphatic rings. The molecule has 1 aromatic rings. The molecule has 0 saturated heterocycles. The molecule has 21 heavy (non-hydrogen) atoms. The highest BCUT2D eigenvalue weighted by Gasteiger charge is 2.10. The lowest BCUT2D eigenvalue weighted by Crippen LogP contribution is -2.11. The molecule has 0 aliphatic heterocycles. The lowest BCUT2D eigenvalue weighted by atomic mass is 10.2. The maximum atomic E-state index is 13.1. The summed E-state index contributed by atoms with van der Waals surface area (Å²) in [6.07, 6.45) is 1.70. The van der Waals surface area contributed by atoms with Crippen LogP contribution in [0.5, 0.6) is 0 Å². The molecular formula is C15H18BrFO4. The summed E-state index contributed by atoms with van der Waals surface area (Å²) < 4.78 is 23.6. The van der Waals surface area contributed by atoms with Gasteiger partial charge in [-0.05, 0) is 24.6 Å². The summed E-state index contributed by atoms with van der Waals surface area (Å²) in [7, 11) is 0. The van der Waals surface area contributed by atoms with Crippen LogP contribution in [0.1, 0.15) is 38.2 Å². The summed E-state index contributed by atoms with van der Waals surface area (Å²) in [6.45, 7) is 2.33. The van der Waals surface area contributed by atoms with Crippen molar-refractivity contribution < 1.29 is 23.5 Å². The van der Waals surface area contributed by atoms with E-state index in [0.717, 1.165) is 12.8 Å². The van der Waals surface area contributed by atoms with Crippen LogP contribution in [0.2, 0.25) is 0 Å². The third-order valence-corrected chi connectivity index (χ3v) is 3.46. The first-order chi connectivity index (χ1) is 10.0. The van der Waals surface area contributed by atoms with Crippen molar-refractivity contribution >= 4 is 27.9 Å². The van der Waals surface area contributed by atoms with E-state index in [1.54, 1.807) is 6.07 Å². The maximum absolute atomic E-state index is 13.1. The molecule has 0 N–H and O–H groups in total. The van der Waals surface area contributed by atoms with Gasteiger partial charge in [-0.2, -0.15) is 0 Å². The van der Waals surface area contributed by atoms with Gasteiger partial charge < -0.3 is 9.47 Å². The zero-order valence-corrected chi connectivity index (χ0v) is 13.4. The van der Waals surface area contributed by atoms with Crippen LogP contribution in [-0.4, -0.2) is 18.5 Å². The second-order valence-electron chi connectivity index (χ2n) is 4.47. The highest BCUT2D eigenvalue weighted by Crippen LogP contribution is 2.18. The molecule has 0 radical (unpaired) electrons. The molecule has 1 rings (SSSR count). The van der Waals surface area contributed by atoms with Gasteiger partial charge in [0.05, 0.1) is 19.4 Å². The second kappa shape index (κ2) is 9.50. The SMILES string of the molecule is CCCCOC(=O)CCC(=O)OCc1cc(F)ccc1Br. The number of esters is 2. The number of carbonyl (C=O) groups is 2. The molecular weight excluding hydrogens is 343 g/mol. The molecule has 0 aromatic heterocycles. The molecule has 0 unspecified atom stereocenters. The van der Waals surface area contributed by atoms with Gasteiger partial charge in [-0.3, -0.25) is 9.59 Å². The summed E-state index contributed by atoms with van der Waals surface area (Å²) >= 11 is 3.25. The fourth-order valence-corrected chi connectivity index (χ4v) is 1.85. The smallest absolute Gasteiger partial charge is 0.306 e. The van der Waals surface area contributed by atoms with Crippen molar-refractivity contribution in [1.29, 1.82) is 0 Å². The minimum absolute atomic E-state index is 0.00708. The van der Waals surface area contributed by atoms with Gasteiger partial charge >= 0.3 is 11.9 Å². The van der Waals surface area contributed by atoms with Crippen molar-refractivity contribution in [2.24, 2.45) is 0 Å². The Balaban J connectivity index is 2.28. The second-order valence-corrected chi connectivity index (χ2v) is 5.32. The van der Waals surface area contributed by atoms with Crippen molar-refractivity contribution in [2.75, 3.05) is 6.61 Å². The first-order valence-electron chi connectivity index (χ1n) is 6.78. The van der Waals surface area contributed by atoms with Gasteiger partial charge in [0.15, 0.2) is 0 Å². The van der Waals surface area contributed by atoms with E-state index in [4.69, 9.17) is 9.47 Å². The van der Waals surface area contributed by atoms with E-state index < -0.39 is 17.8 Å². The van der Waals surface area contributed by atoms with E-state index in [9.17, 15) is 14.0 Å². The van der Waals surface area contributed by atoms with Crippen molar-refractivity contribution in [3.05, 3.63) is 34.1 Å². The van der Waals surface area contributed by atoms with Gasteiger partial charge in [-0.15, -0.1) is 0 Å². The Labute approximate surface area is 131 Å². The zero-order valence-electron chi connectivity index (χ0n) is 11.9. The summed E-state index contributed by atoms with van der Waals surface area (Å²) in [4.78, 5) is 22.8. The van der Waals surface area contributed by atoms with E-state index in [-0.39, 0.29) is 19.4 Å². The molecule has 4 nitrogen and oxygen atoms in total. The fourth-order valence-electron chi connectivity index (χ4n) is 1.49. The Hall–Kier alpha value is -1.43. The van der Waals surface area contributed by atoms with Gasteiger partial charge in [-0.1, -0.05) is 29.3 Å². The Morgan fingerprint density at radius 1 is 1.19 bits per heavy atom. The standard InChI is InChI=1S/C15H18BrFO4/c1-2-3-8-20-14(18)6-7-15(19)21-10-11-9-12(17)4-5-13(11)16/h4-5,9H,2-3,6-8,10H2,1H3. The number of benzene rings is 1. The Morgan fingerprint density at radius 3 is 2.52 bits per heavy atom. The van der Waals surface area contributed by atoms with Crippen LogP contribution in [0, 0.1) is 5.82 Å². The first-order valence-corrected chi connectivity index (χ1v) is 7.57. The molecule has 116 valence electrons. The predicted molar refractivity (Wildman–Crippen MR) is 79.0 cm³/mol. The largest absolute Gasteiger partial charge is 0.466 e. The lowest BCUT2D eigenvalue weighted by Gasteiger charge is -2.07. The molecule has 0 fully saturated rings. The van der Waals surface area contributed by atoms with Crippen molar-refractivity contribution in [3.63, 3.8) is 0 Å². The highest BCUT2D eigenvalue weighted by molar-refractivity contribution is 9.10. The number of halogens is 2. The molecule has 0 aliphatic carbocycles. The number of ether oxygens (including phenoxy) is 2. The van der Waals surface area contributed by atoms with Crippen molar-refractivity contribution in [3.8, 4) is 0 Å². The fraction of sp³-hybridized carbons (Fsp3) is 0.467. The number of unbranched alkanes of at least 4 members (excludes halogenated alkanes) is 1. The Bertz CT molecular complexity index is 491. The molecule has 6 heteroatoms. The van der Waals surface area contributed by atoms with Gasteiger partial charge in [0.2, 0.25) is 0 Å². The Kier molecular flexibility index (Phi) is 7.97. The number of rotatable bonds is 8. The van der Waals surface area contributed by atoms with Crippen LogP contribution in [0.15, 0.2) is 22.7 Å². The number of carbonyl (C=O) groups excluding carboxylic acids is 2. The van der Waals surface area contributed by atoms with Gasteiger partial charge in [-0.25, -0.2) is 4.39 Å². The molecule has 0 amide bonds. The molecule has 0 heterocycles. The van der Waals surface area contributed by atoms with Crippen LogP contribution < -0.4 is 0 Å². The molecule has 0 bridgehead atoms. The summed E-state index contributed by atoms with van der Waals surface area (Å²) in [5.41, 5.74) is 0.536. The van der Waals surface area contributed by atoms with E-state index in [1.165, 1.54) is 12.1 Å². The first kappa shape index (κ1) is 17.6. The lowest BCUT2D eigenvalue weighted by molar-refractivity contribution is -0.151. The average Bonchev–Trinajstić information content (AvgIpc) is 2.46. The molecule has 0 saturated carbocycles. The topological polar surface area (TPSA) is 52.6 Å². The minimum atomic E-state index is -0.515. The highest BCUT2D eigenvalue weighted by atomic mass is 79.9. The van der Waals surface area contributed by atoms with Gasteiger partial charge in [0.1, 0.15) is 12.4 Å². The number of hydrogen-bond donors (Lipinski definition) is 0. The van der Waals surface area contributed by atoms with E-state index in [0.29, 0.717) is 16.6 Å². The van der Waals surface area contributed by atoms with E-state index in [1.807, 2.05) is 6.92 Å². The van der Waals surface area contributed by atoms with E-state index in [2.05, 4.69) is 15.9 Å². The van der Waals surface area contributed by atoms with Crippen LogP contribution in [0.3, 0.4) is 0 Å². The van der Waals surface area contributed by atoms with Crippen molar-refractivity contribution in [2.45, 2.75) is 39.2 Å². The maximum Gasteiger partial charge on any atom is 0.306 e. The zero-order chi connectivity index (χ0) is 15.7. The summed E-state index contributed by atoms with van der Waals surface area (Å²) in [6, 6.07) is 4.14. The molecule has 1 aromatic carbocycles. The Morgan fingerprint density at radius 2 is 1.86 bits per heavy atom.